The molecular formula is C16H24O4. The number of aliphatic hydroxyl groups is 1. The molecule has 1 aromatic rings. The lowest BCUT2D eigenvalue weighted by atomic mass is 9.78. The Balaban J connectivity index is 3.01. The molecule has 0 amide bonds. The topological polar surface area (TPSA) is 55.8 Å². The molecule has 1 rings (SSSR count). The molecule has 0 bridgehead atoms. The van der Waals surface area contributed by atoms with E-state index in [-0.39, 0.29) is 30.3 Å². The van der Waals surface area contributed by atoms with Crippen LogP contribution in [0, 0.1) is 11.8 Å². The molecule has 0 fully saturated rings. The van der Waals surface area contributed by atoms with Crippen molar-refractivity contribution < 1.29 is 19.4 Å². The van der Waals surface area contributed by atoms with Gasteiger partial charge in [0.15, 0.2) is 0 Å². The molecule has 3 unspecified atom stereocenters. The number of hydrogen-bond acceptors (Lipinski definition) is 4. The Morgan fingerprint density at radius 1 is 1.25 bits per heavy atom. The molecule has 0 spiro atoms. The van der Waals surface area contributed by atoms with Crippen molar-refractivity contribution in [2.45, 2.75) is 26.7 Å². The lowest BCUT2D eigenvalue weighted by molar-refractivity contribution is -0.148. The lowest BCUT2D eigenvalue weighted by Gasteiger charge is -2.27. The lowest BCUT2D eigenvalue weighted by Crippen LogP contribution is -2.28. The molecule has 0 aliphatic carbocycles. The first kappa shape index (κ1) is 16.5. The number of carbonyl (C=O) groups is 1. The Kier molecular flexibility index (Phi) is 6.52. The van der Waals surface area contributed by atoms with Gasteiger partial charge in [0, 0.05) is 12.5 Å². The summed E-state index contributed by atoms with van der Waals surface area (Å²) in [6.45, 7) is 5.97. The number of esters is 1. The summed E-state index contributed by atoms with van der Waals surface area (Å²) in [7, 11) is 1.62. The average molecular weight is 280 g/mol. The van der Waals surface area contributed by atoms with Crippen molar-refractivity contribution in [3.8, 4) is 5.75 Å². The van der Waals surface area contributed by atoms with Gasteiger partial charge in [-0.1, -0.05) is 26.0 Å². The van der Waals surface area contributed by atoms with E-state index in [1.165, 1.54) is 0 Å². The molecule has 4 heteroatoms. The number of benzene rings is 1. The van der Waals surface area contributed by atoms with E-state index in [9.17, 15) is 9.90 Å². The molecule has 112 valence electrons. The summed E-state index contributed by atoms with van der Waals surface area (Å²) in [4.78, 5) is 12.0. The summed E-state index contributed by atoms with van der Waals surface area (Å²) in [6.07, 6.45) is 0. The third kappa shape index (κ3) is 3.97. The van der Waals surface area contributed by atoms with E-state index in [1.54, 1.807) is 14.0 Å². The summed E-state index contributed by atoms with van der Waals surface area (Å²) in [5.74, 6) is 0.139. The van der Waals surface area contributed by atoms with E-state index < -0.39 is 0 Å². The number of methoxy groups -OCH3 is 1. The predicted molar refractivity (Wildman–Crippen MR) is 77.8 cm³/mol. The number of aliphatic hydroxyl groups excluding tert-OH is 1. The summed E-state index contributed by atoms with van der Waals surface area (Å²) < 4.78 is 10.2. The average Bonchev–Trinajstić information content (AvgIpc) is 2.48. The van der Waals surface area contributed by atoms with Crippen LogP contribution >= 0.6 is 0 Å². The standard InChI is InChI=1S/C16H24O4/c1-5-20-16(18)12(3)15(11(2)10-17)13-6-8-14(19-4)9-7-13/h6-9,11-12,15,17H,5,10H2,1-4H3. The fraction of sp³-hybridized carbons (Fsp3) is 0.562. The van der Waals surface area contributed by atoms with Crippen molar-refractivity contribution in [1.82, 2.24) is 0 Å². The zero-order valence-electron chi connectivity index (χ0n) is 12.6. The molecule has 0 radical (unpaired) electrons. The third-order valence-corrected chi connectivity index (χ3v) is 3.60. The van der Waals surface area contributed by atoms with Gasteiger partial charge >= 0.3 is 5.97 Å². The Bertz CT molecular complexity index is 413. The molecule has 3 atom stereocenters. The van der Waals surface area contributed by atoms with E-state index in [1.807, 2.05) is 38.1 Å². The van der Waals surface area contributed by atoms with Crippen LogP contribution in [-0.4, -0.2) is 31.4 Å². The van der Waals surface area contributed by atoms with Crippen LogP contribution in [0.25, 0.3) is 0 Å². The highest BCUT2D eigenvalue weighted by Gasteiger charge is 2.30. The Hall–Kier alpha value is -1.55. The maximum atomic E-state index is 12.0. The summed E-state index contributed by atoms with van der Waals surface area (Å²) in [5.41, 5.74) is 1.01. The number of ether oxygens (including phenoxy) is 2. The van der Waals surface area contributed by atoms with E-state index in [0.29, 0.717) is 6.61 Å². The quantitative estimate of drug-likeness (QED) is 0.780. The number of rotatable bonds is 7. The van der Waals surface area contributed by atoms with E-state index in [4.69, 9.17) is 9.47 Å². The van der Waals surface area contributed by atoms with Crippen molar-refractivity contribution in [2.24, 2.45) is 11.8 Å². The first-order chi connectivity index (χ1) is 9.54. The second-order valence-electron chi connectivity index (χ2n) is 5.00. The molecule has 0 aromatic heterocycles. The molecular weight excluding hydrogens is 256 g/mol. The highest BCUT2D eigenvalue weighted by molar-refractivity contribution is 5.73. The molecule has 4 nitrogen and oxygen atoms in total. The van der Waals surface area contributed by atoms with Crippen molar-refractivity contribution in [2.75, 3.05) is 20.3 Å². The predicted octanol–water partition coefficient (Wildman–Crippen LogP) is 2.61. The minimum atomic E-state index is -0.300. The molecule has 0 heterocycles. The molecule has 0 saturated heterocycles. The number of hydrogen-bond donors (Lipinski definition) is 1. The van der Waals surface area contributed by atoms with Crippen LogP contribution in [0.3, 0.4) is 0 Å². The van der Waals surface area contributed by atoms with Crippen molar-refractivity contribution >= 4 is 5.97 Å². The summed E-state index contributed by atoms with van der Waals surface area (Å²) >= 11 is 0. The first-order valence-electron chi connectivity index (χ1n) is 6.96. The minimum absolute atomic E-state index is 0.0252. The smallest absolute Gasteiger partial charge is 0.309 e. The molecule has 1 aromatic carbocycles. The van der Waals surface area contributed by atoms with E-state index in [2.05, 4.69) is 0 Å². The highest BCUT2D eigenvalue weighted by Crippen LogP contribution is 2.33. The van der Waals surface area contributed by atoms with Gasteiger partial charge in [-0.15, -0.1) is 0 Å². The van der Waals surface area contributed by atoms with Gasteiger partial charge in [0.05, 0.1) is 19.6 Å². The van der Waals surface area contributed by atoms with Crippen LogP contribution in [0.4, 0.5) is 0 Å². The Morgan fingerprint density at radius 2 is 1.85 bits per heavy atom. The van der Waals surface area contributed by atoms with Crippen LogP contribution in [0.1, 0.15) is 32.3 Å². The Labute approximate surface area is 120 Å². The molecule has 20 heavy (non-hydrogen) atoms. The summed E-state index contributed by atoms with van der Waals surface area (Å²) in [5, 5.41) is 9.45. The van der Waals surface area contributed by atoms with E-state index >= 15 is 0 Å². The fourth-order valence-electron chi connectivity index (χ4n) is 2.47. The van der Waals surface area contributed by atoms with Gasteiger partial charge in [0.2, 0.25) is 0 Å². The van der Waals surface area contributed by atoms with Crippen LogP contribution in [-0.2, 0) is 9.53 Å². The van der Waals surface area contributed by atoms with Crippen molar-refractivity contribution in [3.05, 3.63) is 29.8 Å². The normalized spacial score (nSPS) is 15.2. The SMILES string of the molecule is CCOC(=O)C(C)C(c1ccc(OC)cc1)C(C)CO. The van der Waals surface area contributed by atoms with E-state index in [0.717, 1.165) is 11.3 Å². The monoisotopic (exact) mass is 280 g/mol. The van der Waals surface area contributed by atoms with Gasteiger partial charge in [0.25, 0.3) is 0 Å². The molecule has 0 aliphatic heterocycles. The van der Waals surface area contributed by atoms with Gasteiger partial charge in [-0.25, -0.2) is 0 Å². The van der Waals surface area contributed by atoms with Gasteiger partial charge in [0.1, 0.15) is 5.75 Å². The van der Waals surface area contributed by atoms with Gasteiger partial charge < -0.3 is 14.6 Å². The number of carbonyl (C=O) groups excluding carboxylic acids is 1. The largest absolute Gasteiger partial charge is 0.497 e. The zero-order valence-corrected chi connectivity index (χ0v) is 12.6. The van der Waals surface area contributed by atoms with Crippen molar-refractivity contribution in [1.29, 1.82) is 0 Å². The van der Waals surface area contributed by atoms with Crippen LogP contribution < -0.4 is 4.74 Å². The van der Waals surface area contributed by atoms with Crippen LogP contribution in [0.2, 0.25) is 0 Å². The molecule has 1 N–H and O–H groups in total. The first-order valence-corrected chi connectivity index (χ1v) is 6.96. The zero-order chi connectivity index (χ0) is 15.1. The second kappa shape index (κ2) is 7.90. The third-order valence-electron chi connectivity index (χ3n) is 3.60. The maximum absolute atomic E-state index is 12.0. The minimum Gasteiger partial charge on any atom is -0.497 e. The fourth-order valence-corrected chi connectivity index (χ4v) is 2.47. The molecule has 0 aliphatic rings. The van der Waals surface area contributed by atoms with Gasteiger partial charge in [-0.2, -0.15) is 0 Å². The van der Waals surface area contributed by atoms with Crippen LogP contribution in [0.5, 0.6) is 5.75 Å². The second-order valence-corrected chi connectivity index (χ2v) is 5.00. The summed E-state index contributed by atoms with van der Waals surface area (Å²) in [6, 6.07) is 7.60. The molecule has 0 saturated carbocycles. The van der Waals surface area contributed by atoms with Crippen LogP contribution in [0.15, 0.2) is 24.3 Å². The highest BCUT2D eigenvalue weighted by atomic mass is 16.5. The maximum Gasteiger partial charge on any atom is 0.309 e. The Morgan fingerprint density at radius 3 is 2.30 bits per heavy atom. The van der Waals surface area contributed by atoms with Gasteiger partial charge in [-0.3, -0.25) is 4.79 Å². The van der Waals surface area contributed by atoms with Gasteiger partial charge in [-0.05, 0) is 30.5 Å². The van der Waals surface area contributed by atoms with Crippen molar-refractivity contribution in [3.63, 3.8) is 0 Å².